The van der Waals surface area contributed by atoms with E-state index >= 15 is 0 Å². The number of primary sulfonamides is 1. The van der Waals surface area contributed by atoms with E-state index in [-0.39, 0.29) is 26.9 Å². The van der Waals surface area contributed by atoms with Crippen molar-refractivity contribution in [2.45, 2.75) is 67.8 Å². The molecule has 1 amide bonds. The van der Waals surface area contributed by atoms with Crippen molar-refractivity contribution in [3.8, 4) is 0 Å². The Morgan fingerprint density at radius 3 is 2.32 bits per heavy atom. The molecule has 9 nitrogen and oxygen atoms in total. The van der Waals surface area contributed by atoms with Crippen LogP contribution in [0, 0.1) is 0 Å². The van der Waals surface area contributed by atoms with Crippen LogP contribution in [-0.2, 0) is 26.6 Å². The maximum Gasteiger partial charge on any atom is 0.252 e. The molecule has 0 aliphatic carbocycles. The van der Waals surface area contributed by atoms with E-state index in [1.54, 1.807) is 12.1 Å². The first-order chi connectivity index (χ1) is 17.5. The lowest BCUT2D eigenvalue weighted by molar-refractivity contribution is 0.0947. The fourth-order valence-electron chi connectivity index (χ4n) is 4.28. The molecule has 12 heteroatoms. The van der Waals surface area contributed by atoms with E-state index in [1.165, 1.54) is 47.8 Å². The molecule has 1 fully saturated rings. The molecule has 204 valence electrons. The van der Waals surface area contributed by atoms with Crippen LogP contribution in [0.3, 0.4) is 0 Å². The molecule has 2 aromatic carbocycles. The highest BCUT2D eigenvalue weighted by Gasteiger charge is 2.29. The van der Waals surface area contributed by atoms with E-state index in [0.717, 1.165) is 31.9 Å². The summed E-state index contributed by atoms with van der Waals surface area (Å²) in [5.74, 6) is -0.640. The Balaban J connectivity index is 1.55. The predicted molar refractivity (Wildman–Crippen MR) is 144 cm³/mol. The number of unbranched alkanes of at least 4 members (excludes halogenated alkanes) is 3. The van der Waals surface area contributed by atoms with E-state index in [1.807, 2.05) is 0 Å². The Morgan fingerprint density at radius 1 is 1.03 bits per heavy atom. The molecule has 0 saturated carbocycles. The van der Waals surface area contributed by atoms with E-state index in [2.05, 4.69) is 17.6 Å². The van der Waals surface area contributed by atoms with Crippen molar-refractivity contribution in [1.82, 2.24) is 14.9 Å². The van der Waals surface area contributed by atoms with Gasteiger partial charge < -0.3 is 10.6 Å². The van der Waals surface area contributed by atoms with Gasteiger partial charge in [-0.15, -0.1) is 0 Å². The van der Waals surface area contributed by atoms with Gasteiger partial charge >= 0.3 is 0 Å². The minimum absolute atomic E-state index is 0.0706. The van der Waals surface area contributed by atoms with Crippen molar-refractivity contribution in [3.63, 3.8) is 0 Å². The van der Waals surface area contributed by atoms with Gasteiger partial charge in [0, 0.05) is 30.7 Å². The molecule has 0 aromatic heterocycles. The Bertz CT molecular complexity index is 1280. The molecule has 0 radical (unpaired) electrons. The van der Waals surface area contributed by atoms with Gasteiger partial charge in [-0.1, -0.05) is 49.9 Å². The van der Waals surface area contributed by atoms with Crippen LogP contribution in [0.25, 0.3) is 0 Å². The minimum atomic E-state index is -4.15. The highest BCUT2D eigenvalue weighted by Crippen LogP contribution is 2.22. The number of sulfonamides is 2. The number of hydrogen-bond acceptors (Lipinski definition) is 6. The number of hydrogen-bond donors (Lipinski definition) is 3. The first-order valence-corrected chi connectivity index (χ1v) is 15.8. The molecular formula is C25H35ClN4O5S2. The van der Waals surface area contributed by atoms with Crippen LogP contribution in [-0.4, -0.2) is 52.7 Å². The average Bonchev–Trinajstić information content (AvgIpc) is 2.87. The second-order valence-electron chi connectivity index (χ2n) is 9.21. The minimum Gasteiger partial charge on any atom is -0.348 e. The third kappa shape index (κ3) is 8.23. The van der Waals surface area contributed by atoms with Crippen molar-refractivity contribution in [2.75, 3.05) is 19.6 Å². The topological polar surface area (TPSA) is 139 Å². The van der Waals surface area contributed by atoms with Gasteiger partial charge in [-0.25, -0.2) is 22.0 Å². The normalized spacial score (nSPS) is 15.5. The summed E-state index contributed by atoms with van der Waals surface area (Å²) in [6.45, 7) is 4.17. The highest BCUT2D eigenvalue weighted by atomic mass is 35.5. The van der Waals surface area contributed by atoms with Crippen LogP contribution in [0.1, 0.15) is 61.4 Å². The highest BCUT2D eigenvalue weighted by molar-refractivity contribution is 7.89. The lowest BCUT2D eigenvalue weighted by Gasteiger charge is -2.31. The lowest BCUT2D eigenvalue weighted by Crippen LogP contribution is -2.45. The quantitative estimate of drug-likeness (QED) is 0.335. The zero-order valence-electron chi connectivity index (χ0n) is 21.0. The zero-order valence-corrected chi connectivity index (χ0v) is 23.3. The van der Waals surface area contributed by atoms with Gasteiger partial charge in [0.2, 0.25) is 20.0 Å². The smallest absolute Gasteiger partial charge is 0.252 e. The third-order valence-electron chi connectivity index (χ3n) is 6.43. The predicted octanol–water partition coefficient (Wildman–Crippen LogP) is 3.24. The molecule has 1 aliphatic heterocycles. The molecule has 0 atom stereocenters. The largest absolute Gasteiger partial charge is 0.348 e. The van der Waals surface area contributed by atoms with Crippen LogP contribution in [0.4, 0.5) is 0 Å². The van der Waals surface area contributed by atoms with Crippen molar-refractivity contribution in [3.05, 3.63) is 58.6 Å². The number of carbonyl (C=O) groups excluding carboxylic acids is 1. The van der Waals surface area contributed by atoms with Gasteiger partial charge in [0.1, 0.15) is 0 Å². The van der Waals surface area contributed by atoms with Crippen molar-refractivity contribution in [2.24, 2.45) is 5.14 Å². The third-order valence-corrected chi connectivity index (χ3v) is 9.53. The molecule has 2 aromatic rings. The van der Waals surface area contributed by atoms with Crippen molar-refractivity contribution >= 4 is 37.6 Å². The Hall–Kier alpha value is -2.02. The molecule has 1 aliphatic rings. The van der Waals surface area contributed by atoms with Gasteiger partial charge in [0.15, 0.2) is 0 Å². The first kappa shape index (κ1) is 29.5. The summed E-state index contributed by atoms with van der Waals surface area (Å²) in [5.41, 5.74) is 0.536. The maximum atomic E-state index is 13.1. The van der Waals surface area contributed by atoms with Gasteiger partial charge in [0.05, 0.1) is 15.4 Å². The number of piperidine rings is 1. The van der Waals surface area contributed by atoms with Gasteiger partial charge in [-0.3, -0.25) is 4.79 Å². The first-order valence-electron chi connectivity index (χ1n) is 12.5. The van der Waals surface area contributed by atoms with Crippen LogP contribution in [0.5, 0.6) is 0 Å². The Labute approximate surface area is 224 Å². The summed E-state index contributed by atoms with van der Waals surface area (Å²) < 4.78 is 51.4. The summed E-state index contributed by atoms with van der Waals surface area (Å²) in [6, 6.07) is 10.4. The number of nitrogens with zero attached hydrogens (tertiary/aromatic N) is 1. The second-order valence-corrected chi connectivity index (χ2v) is 13.1. The Morgan fingerprint density at radius 2 is 1.70 bits per heavy atom. The number of amides is 1. The molecule has 37 heavy (non-hydrogen) atoms. The van der Waals surface area contributed by atoms with E-state index in [9.17, 15) is 21.6 Å². The zero-order chi connectivity index (χ0) is 27.1. The Kier molecular flexibility index (Phi) is 10.5. The molecular weight excluding hydrogens is 536 g/mol. The van der Waals surface area contributed by atoms with Crippen molar-refractivity contribution in [1.29, 1.82) is 0 Å². The van der Waals surface area contributed by atoms with Crippen LogP contribution < -0.4 is 15.8 Å². The van der Waals surface area contributed by atoms with Crippen LogP contribution in [0.15, 0.2) is 52.3 Å². The molecule has 1 heterocycles. The number of nitrogens with one attached hydrogen (secondary N) is 2. The second kappa shape index (κ2) is 13.2. The standard InChI is InChI=1S/C25H35ClN4O5S2/c1-2-3-4-5-14-28-21-12-15-30(16-13-21)37(34,35)22-9-6-19(7-10-22)18-29-25(31)23-11-8-20(26)17-24(23)36(27,32)33/h6-11,17,21,28H,2-5,12-16,18H2,1H3,(H,29,31)(H2,27,32,33). The molecule has 0 bridgehead atoms. The number of rotatable bonds is 12. The molecule has 3 rings (SSSR count). The lowest BCUT2D eigenvalue weighted by atomic mass is 10.1. The van der Waals surface area contributed by atoms with Gasteiger partial charge in [-0.2, -0.15) is 4.31 Å². The van der Waals surface area contributed by atoms with Crippen molar-refractivity contribution < 1.29 is 21.6 Å². The fourth-order valence-corrected chi connectivity index (χ4v) is 6.75. The van der Waals surface area contributed by atoms with Gasteiger partial charge in [0.25, 0.3) is 5.91 Å². The SMILES string of the molecule is CCCCCCNC1CCN(S(=O)(=O)c2ccc(CNC(=O)c3ccc(Cl)cc3S(N)(=O)=O)cc2)CC1. The van der Waals surface area contributed by atoms with Gasteiger partial charge in [-0.05, 0) is 61.7 Å². The van der Waals surface area contributed by atoms with E-state index in [0.29, 0.717) is 24.7 Å². The summed E-state index contributed by atoms with van der Waals surface area (Å²) in [6.07, 6.45) is 6.37. The average molecular weight is 571 g/mol. The number of benzene rings is 2. The number of halogens is 1. The van der Waals surface area contributed by atoms with E-state index in [4.69, 9.17) is 16.7 Å². The molecule has 0 unspecified atom stereocenters. The summed E-state index contributed by atoms with van der Waals surface area (Å²) >= 11 is 5.84. The maximum absolute atomic E-state index is 13.1. The molecule has 0 spiro atoms. The number of carbonyl (C=O) groups is 1. The van der Waals surface area contributed by atoms with E-state index < -0.39 is 26.0 Å². The molecule has 4 N–H and O–H groups in total. The summed E-state index contributed by atoms with van der Waals surface area (Å²) in [5, 5.41) is 11.5. The van der Waals surface area contributed by atoms with Crippen LogP contribution >= 0.6 is 11.6 Å². The fraction of sp³-hybridized carbons (Fsp3) is 0.480. The number of nitrogens with two attached hydrogens (primary N) is 1. The van der Waals surface area contributed by atoms with Crippen LogP contribution in [0.2, 0.25) is 5.02 Å². The monoisotopic (exact) mass is 570 g/mol. The summed E-state index contributed by atoms with van der Waals surface area (Å²) in [7, 11) is -7.76. The summed E-state index contributed by atoms with van der Waals surface area (Å²) in [4.78, 5) is 12.4. The molecule has 1 saturated heterocycles.